The van der Waals surface area contributed by atoms with Gasteiger partial charge in [-0.05, 0) is 45.5 Å². The summed E-state index contributed by atoms with van der Waals surface area (Å²) in [6.07, 6.45) is 3.44. The fourth-order valence-electron chi connectivity index (χ4n) is 2.69. The van der Waals surface area contributed by atoms with Gasteiger partial charge in [0.25, 0.3) is 0 Å². The van der Waals surface area contributed by atoms with E-state index in [1.165, 1.54) is 0 Å². The standard InChI is InChI=1S/C13H24N4O2S2/c1-4-6-15(12-5-7-21(18,19)8-12)10-17-13(20)16(9-14-17)11(2)3/h9,11-12H,4-8,10H2,1-3H3. The minimum absolute atomic E-state index is 0.0843. The van der Waals surface area contributed by atoms with Gasteiger partial charge >= 0.3 is 0 Å². The number of rotatable bonds is 6. The average molecular weight is 332 g/mol. The number of hydrogen-bond acceptors (Lipinski definition) is 5. The molecule has 2 heterocycles. The molecule has 0 aromatic carbocycles. The SMILES string of the molecule is CCCN(Cn1ncn(C(C)C)c1=S)C1CCS(=O)(=O)C1. The van der Waals surface area contributed by atoms with Crippen molar-refractivity contribution >= 4 is 22.1 Å². The van der Waals surface area contributed by atoms with Gasteiger partial charge in [-0.3, -0.25) is 4.90 Å². The molecule has 0 N–H and O–H groups in total. The second-order valence-electron chi connectivity index (χ2n) is 5.92. The Morgan fingerprint density at radius 3 is 2.71 bits per heavy atom. The van der Waals surface area contributed by atoms with Gasteiger partial charge in [0.05, 0.1) is 18.2 Å². The summed E-state index contributed by atoms with van der Waals surface area (Å²) < 4.78 is 27.8. The topological polar surface area (TPSA) is 60.1 Å². The Hall–Kier alpha value is -0.730. The zero-order valence-corrected chi connectivity index (χ0v) is 14.5. The fourth-order valence-corrected chi connectivity index (χ4v) is 4.82. The van der Waals surface area contributed by atoms with Crippen LogP contribution in [-0.2, 0) is 16.5 Å². The van der Waals surface area contributed by atoms with E-state index in [-0.39, 0.29) is 17.8 Å². The predicted molar refractivity (Wildman–Crippen MR) is 85.5 cm³/mol. The largest absolute Gasteiger partial charge is 0.304 e. The quantitative estimate of drug-likeness (QED) is 0.744. The van der Waals surface area contributed by atoms with E-state index in [9.17, 15) is 8.42 Å². The highest BCUT2D eigenvalue weighted by molar-refractivity contribution is 7.91. The summed E-state index contributed by atoms with van der Waals surface area (Å²) in [6.45, 7) is 7.65. The van der Waals surface area contributed by atoms with Gasteiger partial charge in [0.2, 0.25) is 0 Å². The minimum atomic E-state index is -2.87. The summed E-state index contributed by atoms with van der Waals surface area (Å²) in [7, 11) is -2.87. The smallest absolute Gasteiger partial charge is 0.199 e. The maximum Gasteiger partial charge on any atom is 0.199 e. The monoisotopic (exact) mass is 332 g/mol. The lowest BCUT2D eigenvalue weighted by Gasteiger charge is -2.27. The van der Waals surface area contributed by atoms with Crippen LogP contribution in [0.1, 0.15) is 39.7 Å². The summed E-state index contributed by atoms with van der Waals surface area (Å²) in [5.41, 5.74) is 0. The molecule has 1 unspecified atom stereocenters. The summed E-state index contributed by atoms with van der Waals surface area (Å²) >= 11 is 5.44. The molecule has 1 aromatic heterocycles. The Kier molecular flexibility index (Phi) is 5.21. The lowest BCUT2D eigenvalue weighted by atomic mass is 10.2. The molecule has 0 saturated carbocycles. The first kappa shape index (κ1) is 16.6. The maximum atomic E-state index is 11.7. The van der Waals surface area contributed by atoms with Gasteiger partial charge in [-0.2, -0.15) is 5.10 Å². The summed E-state index contributed by atoms with van der Waals surface area (Å²) in [5.74, 6) is 0.551. The van der Waals surface area contributed by atoms with Crippen LogP contribution in [0.5, 0.6) is 0 Å². The van der Waals surface area contributed by atoms with Gasteiger partial charge in [0, 0.05) is 12.1 Å². The third-order valence-electron chi connectivity index (χ3n) is 3.86. The van der Waals surface area contributed by atoms with Crippen LogP contribution in [0, 0.1) is 4.77 Å². The van der Waals surface area contributed by atoms with Gasteiger partial charge in [0.15, 0.2) is 14.6 Å². The van der Waals surface area contributed by atoms with Crippen LogP contribution in [-0.4, -0.2) is 51.8 Å². The molecule has 0 radical (unpaired) electrons. The summed E-state index contributed by atoms with van der Waals surface area (Å²) in [6, 6.07) is 0.360. The Morgan fingerprint density at radius 2 is 2.24 bits per heavy atom. The van der Waals surface area contributed by atoms with Crippen LogP contribution in [0.3, 0.4) is 0 Å². The Balaban J connectivity index is 2.15. The number of sulfone groups is 1. The third-order valence-corrected chi connectivity index (χ3v) is 6.04. The van der Waals surface area contributed by atoms with Crippen LogP contribution in [0.25, 0.3) is 0 Å². The number of nitrogens with zero attached hydrogens (tertiary/aromatic N) is 4. The molecule has 8 heteroatoms. The molecule has 0 aliphatic carbocycles. The zero-order valence-electron chi connectivity index (χ0n) is 12.9. The Morgan fingerprint density at radius 1 is 1.52 bits per heavy atom. The first-order valence-corrected chi connectivity index (χ1v) is 9.65. The van der Waals surface area contributed by atoms with Gasteiger partial charge in [0.1, 0.15) is 6.33 Å². The van der Waals surface area contributed by atoms with Crippen molar-refractivity contribution in [3.05, 3.63) is 11.1 Å². The van der Waals surface area contributed by atoms with Crippen LogP contribution >= 0.6 is 12.2 Å². The van der Waals surface area contributed by atoms with Crippen molar-refractivity contribution in [1.82, 2.24) is 19.2 Å². The molecule has 1 saturated heterocycles. The summed E-state index contributed by atoms with van der Waals surface area (Å²) in [4.78, 5) is 2.19. The van der Waals surface area contributed by atoms with Gasteiger partial charge < -0.3 is 4.57 Å². The average Bonchev–Trinajstić information content (AvgIpc) is 2.93. The second kappa shape index (κ2) is 6.58. The van der Waals surface area contributed by atoms with Crippen LogP contribution < -0.4 is 0 Å². The van der Waals surface area contributed by atoms with E-state index in [0.717, 1.165) is 13.0 Å². The number of aromatic nitrogens is 3. The molecule has 0 spiro atoms. The highest BCUT2D eigenvalue weighted by atomic mass is 32.2. The molecule has 6 nitrogen and oxygen atoms in total. The van der Waals surface area contributed by atoms with Crippen molar-refractivity contribution in [1.29, 1.82) is 0 Å². The first-order valence-electron chi connectivity index (χ1n) is 7.42. The van der Waals surface area contributed by atoms with Crippen molar-refractivity contribution in [2.75, 3.05) is 18.1 Å². The summed E-state index contributed by atoms with van der Waals surface area (Å²) in [5, 5.41) is 4.35. The predicted octanol–water partition coefficient (Wildman–Crippen LogP) is 1.85. The molecule has 0 bridgehead atoms. The molecule has 1 aromatic rings. The van der Waals surface area contributed by atoms with Gasteiger partial charge in [-0.15, -0.1) is 0 Å². The molecule has 1 aliphatic heterocycles. The van der Waals surface area contributed by atoms with E-state index in [1.54, 1.807) is 11.0 Å². The number of hydrogen-bond donors (Lipinski definition) is 0. The van der Waals surface area contributed by atoms with E-state index in [4.69, 9.17) is 12.2 Å². The molecule has 0 amide bonds. The molecular formula is C13H24N4O2S2. The molecule has 120 valence electrons. The molecular weight excluding hydrogens is 308 g/mol. The molecule has 1 fully saturated rings. The second-order valence-corrected chi connectivity index (χ2v) is 8.52. The Labute approximate surface area is 131 Å². The third kappa shape index (κ3) is 3.92. The molecule has 2 rings (SSSR count). The Bertz CT molecular complexity index is 633. The van der Waals surface area contributed by atoms with E-state index in [0.29, 0.717) is 23.6 Å². The van der Waals surface area contributed by atoms with Crippen molar-refractivity contribution < 1.29 is 8.42 Å². The van der Waals surface area contributed by atoms with Crippen LogP contribution in [0.4, 0.5) is 0 Å². The first-order chi connectivity index (χ1) is 9.84. The lowest BCUT2D eigenvalue weighted by Crippen LogP contribution is -2.38. The van der Waals surface area contributed by atoms with E-state index < -0.39 is 9.84 Å². The zero-order chi connectivity index (χ0) is 15.6. The van der Waals surface area contributed by atoms with Crippen molar-refractivity contribution in [2.45, 2.75) is 52.4 Å². The molecule has 21 heavy (non-hydrogen) atoms. The molecule has 1 aliphatic rings. The maximum absolute atomic E-state index is 11.7. The highest BCUT2D eigenvalue weighted by Crippen LogP contribution is 2.19. The van der Waals surface area contributed by atoms with Crippen molar-refractivity contribution in [3.63, 3.8) is 0 Å². The highest BCUT2D eigenvalue weighted by Gasteiger charge is 2.32. The minimum Gasteiger partial charge on any atom is -0.304 e. The van der Waals surface area contributed by atoms with Crippen LogP contribution in [0.15, 0.2) is 6.33 Å². The van der Waals surface area contributed by atoms with E-state index >= 15 is 0 Å². The van der Waals surface area contributed by atoms with Gasteiger partial charge in [-0.25, -0.2) is 13.1 Å². The van der Waals surface area contributed by atoms with E-state index in [2.05, 4.69) is 30.8 Å². The van der Waals surface area contributed by atoms with Crippen molar-refractivity contribution in [3.8, 4) is 0 Å². The normalized spacial score (nSPS) is 21.5. The fraction of sp³-hybridized carbons (Fsp3) is 0.846. The van der Waals surface area contributed by atoms with E-state index in [1.807, 2.05) is 4.57 Å². The van der Waals surface area contributed by atoms with Crippen LogP contribution in [0.2, 0.25) is 0 Å². The van der Waals surface area contributed by atoms with Crippen molar-refractivity contribution in [2.24, 2.45) is 0 Å². The molecule has 1 atom stereocenters. The van der Waals surface area contributed by atoms with Gasteiger partial charge in [-0.1, -0.05) is 6.92 Å². The lowest BCUT2D eigenvalue weighted by molar-refractivity contribution is 0.155.